The molecule has 5 nitrogen and oxygen atoms in total. The first-order chi connectivity index (χ1) is 16.2. The van der Waals surface area contributed by atoms with Crippen molar-refractivity contribution in [1.82, 2.24) is 19.7 Å². The highest BCUT2D eigenvalue weighted by Crippen LogP contribution is 2.49. The lowest BCUT2D eigenvalue weighted by molar-refractivity contribution is -0.119. The maximum atomic E-state index is 13.7. The monoisotopic (exact) mass is 494 g/mol. The number of rotatable bonds is 8. The number of hydrogen-bond acceptors (Lipinski definition) is 5. The van der Waals surface area contributed by atoms with E-state index < -0.39 is 11.9 Å². The van der Waals surface area contributed by atoms with Crippen LogP contribution in [0.1, 0.15) is 78.4 Å². The molecule has 3 aliphatic rings. The van der Waals surface area contributed by atoms with E-state index in [-0.39, 0.29) is 31.0 Å². The molecular weight excluding hydrogens is 461 g/mol. The summed E-state index contributed by atoms with van der Waals surface area (Å²) < 4.78 is 41.5. The van der Waals surface area contributed by atoms with Crippen LogP contribution < -0.4 is 0 Å². The minimum atomic E-state index is -2.49. The topological polar surface area (TPSA) is 51.0 Å². The van der Waals surface area contributed by atoms with Gasteiger partial charge in [-0.15, -0.1) is 16.4 Å². The van der Waals surface area contributed by atoms with Crippen LogP contribution in [0.15, 0.2) is 6.20 Å². The van der Waals surface area contributed by atoms with Gasteiger partial charge in [-0.25, -0.2) is 13.8 Å². The van der Waals surface area contributed by atoms with E-state index in [9.17, 15) is 18.0 Å². The second-order valence-electron chi connectivity index (χ2n) is 10.6. The van der Waals surface area contributed by atoms with Gasteiger partial charge in [0.25, 0.3) is 0 Å². The number of aromatic nitrogens is 3. The second-order valence-corrected chi connectivity index (χ2v) is 11.7. The Bertz CT molecular complexity index is 1020. The smallest absolute Gasteiger partial charge is 0.249 e. The molecule has 0 bridgehead atoms. The molecule has 5 rings (SSSR count). The number of nitrogens with zero attached hydrogens (tertiary/aromatic N) is 4. The number of carbonyl (C=O) groups excluding carboxylic acids is 1. The summed E-state index contributed by atoms with van der Waals surface area (Å²) in [7, 11) is 1.66. The first-order valence-electron chi connectivity index (χ1n) is 12.5. The highest BCUT2D eigenvalue weighted by atomic mass is 32.1. The number of hydrogen-bond donors (Lipinski definition) is 0. The van der Waals surface area contributed by atoms with E-state index in [0.717, 1.165) is 68.9 Å². The van der Waals surface area contributed by atoms with E-state index in [2.05, 4.69) is 10.00 Å². The van der Waals surface area contributed by atoms with E-state index in [1.165, 1.54) is 9.56 Å². The number of halogens is 3. The molecule has 0 unspecified atom stereocenters. The molecule has 2 aliphatic carbocycles. The first kappa shape index (κ1) is 24.0. The quantitative estimate of drug-likeness (QED) is 0.501. The number of thiazole rings is 1. The Hall–Kier alpha value is -1.74. The average molecular weight is 495 g/mol. The van der Waals surface area contributed by atoms with Crippen LogP contribution >= 0.6 is 11.3 Å². The maximum Gasteiger partial charge on any atom is 0.249 e. The summed E-state index contributed by atoms with van der Waals surface area (Å²) in [5.74, 6) is -1.88. The molecule has 0 N–H and O–H groups in total. The summed E-state index contributed by atoms with van der Waals surface area (Å²) in [5.41, 5.74) is 1.50. The maximum absolute atomic E-state index is 13.7. The SMILES string of the molecule is Cn1cc(CC(=O)CC2CCC(CCN3CCc4sc(C5CC(F)(F)C5)nc4C3)CC2)c(F)n1. The number of ketones is 1. The van der Waals surface area contributed by atoms with Gasteiger partial charge in [0.15, 0.2) is 0 Å². The van der Waals surface area contributed by atoms with Crippen molar-refractivity contribution in [1.29, 1.82) is 0 Å². The van der Waals surface area contributed by atoms with Crippen LogP contribution in [0, 0.1) is 17.8 Å². The van der Waals surface area contributed by atoms with Gasteiger partial charge < -0.3 is 0 Å². The third-order valence-corrected chi connectivity index (χ3v) is 9.16. The van der Waals surface area contributed by atoms with Crippen LogP contribution in [-0.4, -0.2) is 44.5 Å². The number of carbonyl (C=O) groups is 1. The standard InChI is InChI=1S/C25H33F3N4OS/c1-31-14-18(23(26)30-31)11-20(33)10-17-4-2-16(3-5-17)6-8-32-9-7-22-21(15-32)29-24(34-22)19-12-25(27,28)13-19/h14,16-17,19H,2-13,15H2,1H3. The molecule has 2 saturated carbocycles. The third-order valence-electron chi connectivity index (χ3n) is 7.84. The van der Waals surface area contributed by atoms with Crippen LogP contribution in [0.5, 0.6) is 0 Å². The van der Waals surface area contributed by atoms with Gasteiger partial charge in [-0.3, -0.25) is 14.4 Å². The highest BCUT2D eigenvalue weighted by molar-refractivity contribution is 7.11. The Morgan fingerprint density at radius 2 is 1.94 bits per heavy atom. The summed E-state index contributed by atoms with van der Waals surface area (Å²) in [6.07, 6.45) is 8.73. The number of Topliss-reactive ketones (excluding diaryl/α,β-unsaturated/α-hetero) is 1. The summed E-state index contributed by atoms with van der Waals surface area (Å²) >= 11 is 1.65. The number of fused-ring (bicyclic) bond motifs is 1. The Balaban J connectivity index is 1.02. The Morgan fingerprint density at radius 1 is 1.21 bits per heavy atom. The zero-order valence-corrected chi connectivity index (χ0v) is 20.6. The lowest BCUT2D eigenvalue weighted by Crippen LogP contribution is -2.33. The normalized spacial score (nSPS) is 25.2. The molecule has 0 spiro atoms. The minimum Gasteiger partial charge on any atom is -0.299 e. The van der Waals surface area contributed by atoms with Gasteiger partial charge in [-0.2, -0.15) is 4.39 Å². The zero-order valence-electron chi connectivity index (χ0n) is 19.7. The molecule has 0 amide bonds. The molecule has 2 aromatic heterocycles. The van der Waals surface area contributed by atoms with Gasteiger partial charge in [0.1, 0.15) is 5.78 Å². The highest BCUT2D eigenvalue weighted by Gasteiger charge is 2.47. The average Bonchev–Trinajstić information content (AvgIpc) is 3.33. The summed E-state index contributed by atoms with van der Waals surface area (Å²) in [6.45, 7) is 2.90. The van der Waals surface area contributed by atoms with Crippen molar-refractivity contribution in [3.05, 3.63) is 33.3 Å². The van der Waals surface area contributed by atoms with E-state index in [1.54, 1.807) is 24.6 Å². The molecule has 0 atom stereocenters. The molecular formula is C25H33F3N4OS. The van der Waals surface area contributed by atoms with Gasteiger partial charge >= 0.3 is 0 Å². The van der Waals surface area contributed by atoms with E-state index >= 15 is 0 Å². The van der Waals surface area contributed by atoms with Crippen LogP contribution in [0.3, 0.4) is 0 Å². The van der Waals surface area contributed by atoms with Crippen molar-refractivity contribution in [3.63, 3.8) is 0 Å². The fourth-order valence-electron chi connectivity index (χ4n) is 5.80. The van der Waals surface area contributed by atoms with Crippen molar-refractivity contribution in [3.8, 4) is 0 Å². The van der Waals surface area contributed by atoms with Gasteiger partial charge in [0.05, 0.1) is 10.7 Å². The second kappa shape index (κ2) is 9.72. The molecule has 2 fully saturated rings. The van der Waals surface area contributed by atoms with Crippen LogP contribution in [0.25, 0.3) is 0 Å². The molecule has 3 heterocycles. The fourth-order valence-corrected chi connectivity index (χ4v) is 6.96. The third kappa shape index (κ3) is 5.56. The van der Waals surface area contributed by atoms with Gasteiger partial charge in [-0.1, -0.05) is 12.8 Å². The predicted octanol–water partition coefficient (Wildman–Crippen LogP) is 5.28. The summed E-state index contributed by atoms with van der Waals surface area (Å²) in [4.78, 5) is 20.9. The Kier molecular flexibility index (Phi) is 6.86. The molecule has 0 aromatic carbocycles. The van der Waals surface area contributed by atoms with Gasteiger partial charge in [-0.05, 0) is 44.1 Å². The Morgan fingerprint density at radius 3 is 2.62 bits per heavy atom. The van der Waals surface area contributed by atoms with E-state index in [1.807, 2.05) is 0 Å². The number of aryl methyl sites for hydroxylation is 1. The van der Waals surface area contributed by atoms with Gasteiger partial charge in [0.2, 0.25) is 11.9 Å². The molecule has 2 aromatic rings. The molecule has 0 radical (unpaired) electrons. The van der Waals surface area contributed by atoms with E-state index in [0.29, 0.717) is 23.8 Å². The molecule has 0 saturated heterocycles. The van der Waals surface area contributed by atoms with Crippen molar-refractivity contribution >= 4 is 17.1 Å². The van der Waals surface area contributed by atoms with Crippen molar-refractivity contribution in [2.75, 3.05) is 13.1 Å². The Labute approximate surface area is 202 Å². The molecule has 1 aliphatic heterocycles. The van der Waals surface area contributed by atoms with Crippen LogP contribution in [0.4, 0.5) is 13.2 Å². The minimum absolute atomic E-state index is 0.0439. The van der Waals surface area contributed by atoms with E-state index in [4.69, 9.17) is 4.98 Å². The van der Waals surface area contributed by atoms with Crippen LogP contribution in [0.2, 0.25) is 0 Å². The van der Waals surface area contributed by atoms with Crippen molar-refractivity contribution in [2.45, 2.75) is 82.6 Å². The first-order valence-corrected chi connectivity index (χ1v) is 13.3. The van der Waals surface area contributed by atoms with Crippen molar-refractivity contribution < 1.29 is 18.0 Å². The fraction of sp³-hybridized carbons (Fsp3) is 0.720. The summed E-state index contributed by atoms with van der Waals surface area (Å²) in [5, 5.41) is 4.59. The lowest BCUT2D eigenvalue weighted by atomic mass is 9.78. The van der Waals surface area contributed by atoms with Crippen LogP contribution in [-0.2, 0) is 31.2 Å². The van der Waals surface area contributed by atoms with Crippen molar-refractivity contribution in [2.24, 2.45) is 18.9 Å². The molecule has 186 valence electrons. The largest absolute Gasteiger partial charge is 0.299 e. The molecule has 34 heavy (non-hydrogen) atoms. The van der Waals surface area contributed by atoms with Gasteiger partial charge in [0, 0.05) is 68.4 Å². The zero-order chi connectivity index (χ0) is 23.9. The lowest BCUT2D eigenvalue weighted by Gasteiger charge is -2.33. The number of alkyl halides is 2. The predicted molar refractivity (Wildman–Crippen MR) is 125 cm³/mol. The molecule has 9 heteroatoms. The summed E-state index contributed by atoms with van der Waals surface area (Å²) in [6, 6.07) is 0.